The van der Waals surface area contributed by atoms with Gasteiger partial charge in [-0.05, 0) is 66.1 Å². The standard InChI is InChI=1S/C31H29N3O2S/c1-21-15-22(2)17-26(16-21)33-30(35)20-37-29-19-34(28-10-6-5-9-27(28)29)14-13-32-31(36)25-12-11-23-7-3-4-8-24(23)18-25/h3-12,15-19H,13-14,20H2,1-2H3,(H,32,36)(H,33,35). The van der Waals surface area contributed by atoms with E-state index in [1.54, 1.807) is 0 Å². The zero-order valence-corrected chi connectivity index (χ0v) is 21.8. The van der Waals surface area contributed by atoms with Gasteiger partial charge in [0.15, 0.2) is 0 Å². The van der Waals surface area contributed by atoms with Crippen molar-refractivity contribution in [3.63, 3.8) is 0 Å². The molecule has 2 amide bonds. The Labute approximate surface area is 220 Å². The molecule has 0 aliphatic rings. The van der Waals surface area contributed by atoms with E-state index in [4.69, 9.17) is 0 Å². The average molecular weight is 508 g/mol. The van der Waals surface area contributed by atoms with Gasteiger partial charge < -0.3 is 15.2 Å². The van der Waals surface area contributed by atoms with Crippen LogP contribution in [0.3, 0.4) is 0 Å². The number of carbonyl (C=O) groups is 2. The predicted molar refractivity (Wildman–Crippen MR) is 153 cm³/mol. The van der Waals surface area contributed by atoms with Gasteiger partial charge in [0.25, 0.3) is 5.91 Å². The van der Waals surface area contributed by atoms with Crippen molar-refractivity contribution in [3.8, 4) is 0 Å². The molecule has 5 rings (SSSR count). The van der Waals surface area contributed by atoms with E-state index in [-0.39, 0.29) is 11.8 Å². The molecule has 4 aromatic carbocycles. The molecule has 0 radical (unpaired) electrons. The van der Waals surface area contributed by atoms with E-state index >= 15 is 0 Å². The van der Waals surface area contributed by atoms with E-state index in [1.165, 1.54) is 11.8 Å². The van der Waals surface area contributed by atoms with Crippen LogP contribution in [-0.2, 0) is 11.3 Å². The maximum absolute atomic E-state index is 12.7. The van der Waals surface area contributed by atoms with Crippen molar-refractivity contribution in [3.05, 3.63) is 108 Å². The number of hydrogen-bond acceptors (Lipinski definition) is 3. The summed E-state index contributed by atoms with van der Waals surface area (Å²) in [6.07, 6.45) is 2.07. The lowest BCUT2D eigenvalue weighted by Gasteiger charge is -2.08. The number of fused-ring (bicyclic) bond motifs is 2. The highest BCUT2D eigenvalue weighted by Crippen LogP contribution is 2.30. The van der Waals surface area contributed by atoms with Crippen LogP contribution < -0.4 is 10.6 Å². The van der Waals surface area contributed by atoms with Crippen LogP contribution in [0, 0.1) is 13.8 Å². The molecule has 0 saturated heterocycles. The second-order valence-corrected chi connectivity index (χ2v) is 10.3. The van der Waals surface area contributed by atoms with Gasteiger partial charge in [0.05, 0.1) is 5.75 Å². The van der Waals surface area contributed by atoms with Crippen LogP contribution in [0.4, 0.5) is 5.69 Å². The van der Waals surface area contributed by atoms with E-state index in [0.29, 0.717) is 24.4 Å². The third kappa shape index (κ3) is 5.87. The van der Waals surface area contributed by atoms with Gasteiger partial charge in [0.2, 0.25) is 5.91 Å². The SMILES string of the molecule is Cc1cc(C)cc(NC(=O)CSc2cn(CCNC(=O)c3ccc4ccccc4c3)c3ccccc23)c1. The molecule has 186 valence electrons. The number of aryl methyl sites for hydroxylation is 2. The first-order valence-electron chi connectivity index (χ1n) is 12.3. The topological polar surface area (TPSA) is 63.1 Å². The summed E-state index contributed by atoms with van der Waals surface area (Å²) in [6, 6.07) is 28.0. The molecule has 0 spiro atoms. The number of nitrogens with zero attached hydrogens (tertiary/aromatic N) is 1. The first kappa shape index (κ1) is 24.7. The first-order valence-corrected chi connectivity index (χ1v) is 13.3. The van der Waals surface area contributed by atoms with Crippen LogP contribution in [0.15, 0.2) is 96.0 Å². The molecule has 0 atom stereocenters. The van der Waals surface area contributed by atoms with Crippen molar-refractivity contribution in [1.29, 1.82) is 0 Å². The summed E-state index contributed by atoms with van der Waals surface area (Å²) in [4.78, 5) is 26.4. The Balaban J connectivity index is 1.22. The summed E-state index contributed by atoms with van der Waals surface area (Å²) in [5, 5.41) is 9.32. The molecule has 1 heterocycles. The van der Waals surface area contributed by atoms with E-state index in [2.05, 4.69) is 39.6 Å². The van der Waals surface area contributed by atoms with Gasteiger partial charge in [-0.2, -0.15) is 0 Å². The van der Waals surface area contributed by atoms with Gasteiger partial charge in [0.1, 0.15) is 0 Å². The van der Waals surface area contributed by atoms with Gasteiger partial charge in [-0.1, -0.05) is 54.6 Å². The highest BCUT2D eigenvalue weighted by Gasteiger charge is 2.12. The van der Waals surface area contributed by atoms with E-state index in [1.807, 2.05) is 80.6 Å². The number of carbonyl (C=O) groups excluding carboxylic acids is 2. The van der Waals surface area contributed by atoms with Gasteiger partial charge in [-0.25, -0.2) is 0 Å². The van der Waals surface area contributed by atoms with Crippen molar-refractivity contribution < 1.29 is 9.59 Å². The summed E-state index contributed by atoms with van der Waals surface area (Å²) >= 11 is 1.52. The Hall–Kier alpha value is -4.03. The van der Waals surface area contributed by atoms with E-state index < -0.39 is 0 Å². The second-order valence-electron chi connectivity index (χ2n) is 9.23. The molecule has 0 aliphatic heterocycles. The minimum absolute atomic E-state index is 0.0329. The third-order valence-electron chi connectivity index (χ3n) is 6.27. The molecular weight excluding hydrogens is 478 g/mol. The fourth-order valence-corrected chi connectivity index (χ4v) is 5.51. The zero-order chi connectivity index (χ0) is 25.8. The van der Waals surface area contributed by atoms with Gasteiger partial charge >= 0.3 is 0 Å². The maximum Gasteiger partial charge on any atom is 0.251 e. The molecule has 0 saturated carbocycles. The van der Waals surface area contributed by atoms with Crippen molar-refractivity contribution in [2.24, 2.45) is 0 Å². The van der Waals surface area contributed by atoms with Crippen molar-refractivity contribution in [2.75, 3.05) is 17.6 Å². The predicted octanol–water partition coefficient (Wildman–Crippen LogP) is 6.57. The van der Waals surface area contributed by atoms with Crippen LogP contribution in [0.2, 0.25) is 0 Å². The monoisotopic (exact) mass is 507 g/mol. The van der Waals surface area contributed by atoms with Crippen LogP contribution >= 0.6 is 11.8 Å². The lowest BCUT2D eigenvalue weighted by atomic mass is 10.1. The zero-order valence-electron chi connectivity index (χ0n) is 21.0. The number of anilines is 1. The smallest absolute Gasteiger partial charge is 0.251 e. The van der Waals surface area contributed by atoms with Crippen LogP contribution in [-0.4, -0.2) is 28.7 Å². The highest BCUT2D eigenvalue weighted by molar-refractivity contribution is 8.00. The normalized spacial score (nSPS) is 11.1. The number of aromatic nitrogens is 1. The molecule has 2 N–H and O–H groups in total. The summed E-state index contributed by atoms with van der Waals surface area (Å²) in [6.45, 7) is 5.18. The van der Waals surface area contributed by atoms with Gasteiger partial charge in [-0.15, -0.1) is 11.8 Å². The molecule has 5 nitrogen and oxygen atoms in total. The first-order chi connectivity index (χ1) is 18.0. The van der Waals surface area contributed by atoms with Crippen molar-refractivity contribution in [2.45, 2.75) is 25.3 Å². The minimum atomic E-state index is -0.0835. The fraction of sp³-hybridized carbons (Fsp3) is 0.161. The third-order valence-corrected chi connectivity index (χ3v) is 7.31. The number of amides is 2. The summed E-state index contributed by atoms with van der Waals surface area (Å²) < 4.78 is 2.14. The number of rotatable bonds is 8. The maximum atomic E-state index is 12.7. The lowest BCUT2D eigenvalue weighted by Crippen LogP contribution is -2.27. The molecule has 0 bridgehead atoms. The van der Waals surface area contributed by atoms with Crippen LogP contribution in [0.1, 0.15) is 21.5 Å². The van der Waals surface area contributed by atoms with E-state index in [0.717, 1.165) is 43.4 Å². The molecule has 6 heteroatoms. The largest absolute Gasteiger partial charge is 0.350 e. The van der Waals surface area contributed by atoms with Crippen molar-refractivity contribution in [1.82, 2.24) is 9.88 Å². The summed E-state index contributed by atoms with van der Waals surface area (Å²) in [5.41, 5.74) is 4.81. The van der Waals surface area contributed by atoms with E-state index in [9.17, 15) is 9.59 Å². The lowest BCUT2D eigenvalue weighted by molar-refractivity contribution is -0.113. The molecule has 5 aromatic rings. The Morgan fingerprint density at radius 1 is 0.838 bits per heavy atom. The fourth-order valence-electron chi connectivity index (χ4n) is 4.62. The Bertz CT molecular complexity index is 1590. The highest BCUT2D eigenvalue weighted by atomic mass is 32.2. The molecule has 0 fully saturated rings. The molecule has 37 heavy (non-hydrogen) atoms. The number of para-hydroxylation sites is 1. The van der Waals surface area contributed by atoms with Gasteiger partial charge in [-0.3, -0.25) is 9.59 Å². The molecule has 0 unspecified atom stereocenters. The second kappa shape index (κ2) is 10.9. The summed E-state index contributed by atoms with van der Waals surface area (Å²) in [5.74, 6) is 0.203. The number of benzene rings is 4. The molecule has 0 aliphatic carbocycles. The molecular formula is C31H29N3O2S. The van der Waals surface area contributed by atoms with Gasteiger partial charge in [0, 0.05) is 46.3 Å². The summed E-state index contributed by atoms with van der Waals surface area (Å²) in [7, 11) is 0. The quantitative estimate of drug-likeness (QED) is 0.234. The number of thioether (sulfide) groups is 1. The Kier molecular flexibility index (Phi) is 7.28. The van der Waals surface area contributed by atoms with Crippen LogP contribution in [0.25, 0.3) is 21.7 Å². The molecule has 1 aromatic heterocycles. The number of hydrogen-bond donors (Lipinski definition) is 2. The Morgan fingerprint density at radius 3 is 2.38 bits per heavy atom. The van der Waals surface area contributed by atoms with Crippen molar-refractivity contribution >= 4 is 50.9 Å². The number of nitrogens with one attached hydrogen (secondary N) is 2. The van der Waals surface area contributed by atoms with Crippen LogP contribution in [0.5, 0.6) is 0 Å². The average Bonchev–Trinajstić information content (AvgIpc) is 3.24. The Morgan fingerprint density at radius 2 is 1.57 bits per heavy atom. The minimum Gasteiger partial charge on any atom is -0.350 e.